The van der Waals surface area contributed by atoms with Gasteiger partial charge in [0.05, 0.1) is 11.8 Å². The van der Waals surface area contributed by atoms with Crippen molar-refractivity contribution in [3.63, 3.8) is 0 Å². The molecule has 3 N–H and O–H groups in total. The van der Waals surface area contributed by atoms with Crippen LogP contribution in [0.5, 0.6) is 0 Å². The second-order valence-corrected chi connectivity index (χ2v) is 6.34. The first-order valence-corrected chi connectivity index (χ1v) is 8.42. The van der Waals surface area contributed by atoms with Gasteiger partial charge in [0.25, 0.3) is 0 Å². The van der Waals surface area contributed by atoms with Crippen molar-refractivity contribution in [2.45, 2.75) is 45.1 Å². The summed E-state index contributed by atoms with van der Waals surface area (Å²) in [5, 5.41) is 22.6. The van der Waals surface area contributed by atoms with E-state index in [1.54, 1.807) is 0 Å². The highest BCUT2D eigenvalue weighted by Gasteiger charge is 2.22. The number of unbranched alkanes of at least 4 members (excludes halogenated alkanes) is 2. The molecule has 1 aromatic rings. The highest BCUT2D eigenvalue weighted by Crippen LogP contribution is 2.22. The third kappa shape index (κ3) is 7.12. The van der Waals surface area contributed by atoms with E-state index in [0.29, 0.717) is 6.42 Å². The van der Waals surface area contributed by atoms with Crippen LogP contribution in [0.4, 0.5) is 0 Å². The number of hydrogen-bond donors (Lipinski definition) is 3. The molecule has 0 radical (unpaired) electrons. The molecule has 0 saturated carbocycles. The van der Waals surface area contributed by atoms with Gasteiger partial charge in [-0.25, -0.2) is 0 Å². The molecule has 5 heteroatoms. The van der Waals surface area contributed by atoms with Crippen molar-refractivity contribution in [3.05, 3.63) is 35.9 Å². The maximum atomic E-state index is 9.52. The van der Waals surface area contributed by atoms with Crippen molar-refractivity contribution < 1.29 is 10.4 Å². The third-order valence-corrected chi connectivity index (χ3v) is 4.11. The largest absolute Gasteiger partial charge is 0.411 e. The Morgan fingerprint density at radius 2 is 1.91 bits per heavy atom. The summed E-state index contributed by atoms with van der Waals surface area (Å²) in [7, 11) is 4.06. The maximum absolute atomic E-state index is 9.52. The lowest BCUT2D eigenvalue weighted by Gasteiger charge is -2.24. The van der Waals surface area contributed by atoms with Crippen LogP contribution < -0.4 is 5.48 Å². The monoisotopic (exact) mass is 321 g/mol. The molecule has 1 rings (SSSR count). The van der Waals surface area contributed by atoms with Gasteiger partial charge in [-0.1, -0.05) is 61.7 Å². The summed E-state index contributed by atoms with van der Waals surface area (Å²) in [5.41, 5.74) is 4.07. The van der Waals surface area contributed by atoms with E-state index in [0.717, 1.165) is 30.7 Å². The molecule has 0 aromatic heterocycles. The van der Waals surface area contributed by atoms with Crippen molar-refractivity contribution >= 4 is 5.71 Å². The fourth-order valence-electron chi connectivity index (χ4n) is 2.87. The van der Waals surface area contributed by atoms with Crippen molar-refractivity contribution in [1.29, 1.82) is 0 Å². The highest BCUT2D eigenvalue weighted by atomic mass is 16.5. The van der Waals surface area contributed by atoms with Gasteiger partial charge in [-0.15, -0.1) is 0 Å². The summed E-state index contributed by atoms with van der Waals surface area (Å²) >= 11 is 0. The molecule has 0 fully saturated rings. The number of rotatable bonds is 11. The lowest BCUT2D eigenvalue weighted by Crippen LogP contribution is -2.31. The Balaban J connectivity index is 2.80. The van der Waals surface area contributed by atoms with Crippen molar-refractivity contribution in [1.82, 2.24) is 10.4 Å². The Hall–Kier alpha value is -1.43. The van der Waals surface area contributed by atoms with Gasteiger partial charge in [0.15, 0.2) is 0 Å². The van der Waals surface area contributed by atoms with E-state index in [-0.39, 0.29) is 12.0 Å². The fraction of sp³-hybridized carbons (Fsp3) is 0.611. The zero-order valence-corrected chi connectivity index (χ0v) is 14.6. The van der Waals surface area contributed by atoms with Crippen LogP contribution in [-0.2, 0) is 0 Å². The number of oxime groups is 1. The Bertz CT molecular complexity index is 449. The molecule has 1 aromatic carbocycles. The van der Waals surface area contributed by atoms with E-state index in [9.17, 15) is 10.4 Å². The first kappa shape index (κ1) is 19.6. The van der Waals surface area contributed by atoms with Gasteiger partial charge in [0.2, 0.25) is 0 Å². The summed E-state index contributed by atoms with van der Waals surface area (Å²) in [6.45, 7) is 3.03. The minimum atomic E-state index is -0.266. The van der Waals surface area contributed by atoms with Crippen LogP contribution in [0.1, 0.15) is 50.6 Å². The first-order chi connectivity index (χ1) is 11.1. The lowest BCUT2D eigenvalue weighted by atomic mass is 9.90. The Morgan fingerprint density at radius 1 is 1.22 bits per heavy atom. The summed E-state index contributed by atoms with van der Waals surface area (Å²) in [5.74, 6) is 0.195. The molecule has 2 atom stereocenters. The number of nitrogens with zero attached hydrogens (tertiary/aromatic N) is 2. The van der Waals surface area contributed by atoms with Crippen molar-refractivity contribution in [3.8, 4) is 0 Å². The lowest BCUT2D eigenvalue weighted by molar-refractivity contribution is 0.127. The first-order valence-electron chi connectivity index (χ1n) is 8.42. The Labute approximate surface area is 140 Å². The predicted molar refractivity (Wildman–Crippen MR) is 94.1 cm³/mol. The molecular formula is C18H31N3O2. The van der Waals surface area contributed by atoms with Gasteiger partial charge in [-0.2, -0.15) is 5.48 Å². The number of hydrogen-bond acceptors (Lipinski definition) is 5. The average molecular weight is 321 g/mol. The standard InChI is InChI=1S/C18H31N3O2/c1-4-5-7-12-16(14-21(2)3)18(20-23)13-17(19-22)15-10-8-6-9-11-15/h6,8-11,16-17,19,22-23H,4-5,7,12-14H2,1-3H3/b20-18-/t16-,17+/m1/s1. The quantitative estimate of drug-likeness (QED) is 0.252. The van der Waals surface area contributed by atoms with Gasteiger partial charge in [-0.3, -0.25) is 0 Å². The maximum Gasteiger partial charge on any atom is 0.0634 e. The van der Waals surface area contributed by atoms with E-state index in [2.05, 4.69) is 22.5 Å². The van der Waals surface area contributed by atoms with Gasteiger partial charge in [-0.05, 0) is 26.1 Å². The Kier molecular flexibility index (Phi) is 9.52. The zero-order valence-electron chi connectivity index (χ0n) is 14.6. The van der Waals surface area contributed by atoms with E-state index >= 15 is 0 Å². The predicted octanol–water partition coefficient (Wildman–Crippen LogP) is 3.68. The van der Waals surface area contributed by atoms with Crippen LogP contribution in [-0.4, -0.2) is 41.7 Å². The summed E-state index contributed by atoms with van der Waals surface area (Å²) in [6.07, 6.45) is 4.96. The molecule has 0 amide bonds. The SMILES string of the molecule is CCCCC[C@H](CN(C)C)/C(C[C@H](NO)c1ccccc1)=N\O. The number of nitrogens with one attached hydrogen (secondary N) is 1. The minimum Gasteiger partial charge on any atom is -0.411 e. The summed E-state index contributed by atoms with van der Waals surface area (Å²) in [6, 6.07) is 9.47. The highest BCUT2D eigenvalue weighted by molar-refractivity contribution is 5.87. The molecule has 0 saturated heterocycles. The molecule has 0 aliphatic heterocycles. The summed E-state index contributed by atoms with van der Waals surface area (Å²) in [4.78, 5) is 2.12. The second kappa shape index (κ2) is 11.2. The van der Waals surface area contributed by atoms with Crippen LogP contribution in [0.3, 0.4) is 0 Å². The van der Waals surface area contributed by atoms with Gasteiger partial charge >= 0.3 is 0 Å². The number of benzene rings is 1. The summed E-state index contributed by atoms with van der Waals surface area (Å²) < 4.78 is 0. The van der Waals surface area contributed by atoms with E-state index in [4.69, 9.17) is 0 Å². The fourth-order valence-corrected chi connectivity index (χ4v) is 2.87. The van der Waals surface area contributed by atoms with Gasteiger partial charge in [0, 0.05) is 18.9 Å². The topological polar surface area (TPSA) is 68.1 Å². The molecule has 0 unspecified atom stereocenters. The molecule has 0 bridgehead atoms. The molecule has 0 heterocycles. The molecule has 5 nitrogen and oxygen atoms in total. The molecular weight excluding hydrogens is 290 g/mol. The van der Waals surface area contributed by atoms with Gasteiger partial charge in [0.1, 0.15) is 0 Å². The molecule has 0 aliphatic rings. The van der Waals surface area contributed by atoms with Crippen LogP contribution >= 0.6 is 0 Å². The average Bonchev–Trinajstić information content (AvgIpc) is 2.56. The van der Waals surface area contributed by atoms with E-state index < -0.39 is 0 Å². The normalized spacial score (nSPS) is 14.9. The smallest absolute Gasteiger partial charge is 0.0634 e. The number of hydroxylamine groups is 1. The molecule has 0 aliphatic carbocycles. The van der Waals surface area contributed by atoms with E-state index in [1.807, 2.05) is 44.4 Å². The van der Waals surface area contributed by atoms with Crippen LogP contribution in [0.25, 0.3) is 0 Å². The Morgan fingerprint density at radius 3 is 2.43 bits per heavy atom. The minimum absolute atomic E-state index is 0.195. The van der Waals surface area contributed by atoms with E-state index in [1.165, 1.54) is 12.8 Å². The molecule has 23 heavy (non-hydrogen) atoms. The zero-order chi connectivity index (χ0) is 17.1. The van der Waals surface area contributed by atoms with Crippen LogP contribution in [0.15, 0.2) is 35.5 Å². The van der Waals surface area contributed by atoms with Crippen molar-refractivity contribution in [2.75, 3.05) is 20.6 Å². The van der Waals surface area contributed by atoms with Crippen molar-refractivity contribution in [2.24, 2.45) is 11.1 Å². The molecule has 0 spiro atoms. The second-order valence-electron chi connectivity index (χ2n) is 6.34. The molecule has 130 valence electrons. The van der Waals surface area contributed by atoms with Crippen LogP contribution in [0.2, 0.25) is 0 Å². The van der Waals surface area contributed by atoms with Crippen LogP contribution in [0, 0.1) is 5.92 Å². The third-order valence-electron chi connectivity index (χ3n) is 4.11. The van der Waals surface area contributed by atoms with Gasteiger partial charge < -0.3 is 15.3 Å².